The summed E-state index contributed by atoms with van der Waals surface area (Å²) in [5, 5.41) is 0.403. The van der Waals surface area contributed by atoms with Crippen molar-refractivity contribution in [1.29, 1.82) is 0 Å². The molecule has 1 unspecified atom stereocenters. The van der Waals surface area contributed by atoms with Crippen LogP contribution in [0.15, 0.2) is 36.4 Å². The standard InChI is InChI=1S/C38H46F2N6O6/c1-5-31(41)37(49)45-17-25(51-19(3)47)13-23(45)15-29-27-9-7-21(39)11-33(27)43-35(29)36-30(28-10-8-22(40)12-34(28)44-36)16-24-14-26(52-20(4)48)18-46(24)38(50)32(42)6-2/h7-12,23-26,31-32,43-44H,5-6,13-18,41-42H2,1-4H3/t23-,24-,25-,26?,31-,32-/m0/s1/i15D2,16D2. The van der Waals surface area contributed by atoms with Gasteiger partial charge in [-0.2, -0.15) is 0 Å². The van der Waals surface area contributed by atoms with Crippen molar-refractivity contribution in [1.82, 2.24) is 19.8 Å². The van der Waals surface area contributed by atoms with E-state index in [1.165, 1.54) is 35.8 Å². The SMILES string of the molecule is [2H]C([2H])(c1c(-c2[nH]c3cc(F)ccc3c2C([2H])([2H])[C@@H]2C[C@H](OC(C)=O)CN2C(=O)[C@@H](N)CC)[nH]c2cc(F)ccc12)[C@@H]1CC(OC(C)=O)CN1C(=O)[C@@H](N)CC. The maximum Gasteiger partial charge on any atom is 0.302 e. The highest BCUT2D eigenvalue weighted by Crippen LogP contribution is 2.40. The minimum Gasteiger partial charge on any atom is -0.461 e. The van der Waals surface area contributed by atoms with Crippen molar-refractivity contribution in [3.05, 3.63) is 59.2 Å². The van der Waals surface area contributed by atoms with E-state index in [-0.39, 0.29) is 83.1 Å². The number of likely N-dealkylation sites (tertiary alicyclic amines) is 2. The number of benzene rings is 2. The van der Waals surface area contributed by atoms with Gasteiger partial charge in [0, 0.05) is 66.1 Å². The molecule has 2 saturated heterocycles. The van der Waals surface area contributed by atoms with E-state index in [9.17, 15) is 33.4 Å². The zero-order valence-corrected chi connectivity index (χ0v) is 29.4. The number of carbonyl (C=O) groups is 4. The van der Waals surface area contributed by atoms with Crippen molar-refractivity contribution in [2.75, 3.05) is 13.1 Å². The number of aromatic amines is 2. The molecule has 6 N–H and O–H groups in total. The number of esters is 2. The Morgan fingerprint density at radius 3 is 1.50 bits per heavy atom. The third-order valence-corrected chi connectivity index (χ3v) is 9.66. The molecule has 0 saturated carbocycles. The number of halogens is 2. The number of ether oxygens (including phenoxy) is 2. The van der Waals surface area contributed by atoms with E-state index in [0.717, 1.165) is 24.3 Å². The fraction of sp³-hybridized carbons (Fsp3) is 0.474. The second-order valence-electron chi connectivity index (χ2n) is 13.4. The highest BCUT2D eigenvalue weighted by atomic mass is 19.1. The number of nitrogens with zero attached hydrogens (tertiary/aromatic N) is 2. The molecule has 2 fully saturated rings. The zero-order valence-electron chi connectivity index (χ0n) is 33.4. The van der Waals surface area contributed by atoms with E-state index in [4.69, 9.17) is 20.9 Å². The number of carbonyl (C=O) groups excluding carboxylic acids is 4. The monoisotopic (exact) mass is 724 g/mol. The van der Waals surface area contributed by atoms with E-state index in [1.54, 1.807) is 13.8 Å². The number of nitrogens with two attached hydrogens (primary N) is 2. The van der Waals surface area contributed by atoms with Crippen LogP contribution in [0.2, 0.25) is 0 Å². The van der Waals surface area contributed by atoms with Gasteiger partial charge in [0.05, 0.1) is 36.6 Å². The predicted molar refractivity (Wildman–Crippen MR) is 191 cm³/mol. The smallest absolute Gasteiger partial charge is 0.302 e. The molecular weight excluding hydrogens is 674 g/mol. The van der Waals surface area contributed by atoms with Crippen LogP contribution in [0.4, 0.5) is 8.78 Å². The molecule has 2 aromatic carbocycles. The van der Waals surface area contributed by atoms with Crippen LogP contribution in [-0.4, -0.2) is 93.0 Å². The lowest BCUT2D eigenvalue weighted by molar-refractivity contribution is -0.147. The molecule has 0 spiro atoms. The average Bonchev–Trinajstić information content (AvgIpc) is 3.92. The average molecular weight is 725 g/mol. The summed E-state index contributed by atoms with van der Waals surface area (Å²) in [5.74, 6) is -3.70. The highest BCUT2D eigenvalue weighted by Gasteiger charge is 2.41. The first-order chi connectivity index (χ1) is 26.3. The van der Waals surface area contributed by atoms with Crippen LogP contribution in [0.5, 0.6) is 0 Å². The fourth-order valence-electron chi connectivity index (χ4n) is 7.12. The molecule has 278 valence electrons. The number of nitrogens with one attached hydrogen (secondary N) is 2. The van der Waals surface area contributed by atoms with Gasteiger partial charge in [-0.25, -0.2) is 8.78 Å². The molecule has 2 aliphatic rings. The van der Waals surface area contributed by atoms with Crippen LogP contribution in [0.3, 0.4) is 0 Å². The third-order valence-electron chi connectivity index (χ3n) is 9.66. The molecule has 0 radical (unpaired) electrons. The van der Waals surface area contributed by atoms with Crippen molar-refractivity contribution in [2.45, 2.75) is 102 Å². The molecule has 14 heteroatoms. The lowest BCUT2D eigenvalue weighted by atomic mass is 9.94. The van der Waals surface area contributed by atoms with Crippen LogP contribution >= 0.6 is 0 Å². The van der Waals surface area contributed by atoms with Gasteiger partial charge in [-0.1, -0.05) is 13.8 Å². The number of fused-ring (bicyclic) bond motifs is 2. The Morgan fingerprint density at radius 1 is 0.769 bits per heavy atom. The van der Waals surface area contributed by atoms with Crippen molar-refractivity contribution in [3.8, 4) is 11.4 Å². The first kappa shape index (κ1) is 31.9. The van der Waals surface area contributed by atoms with Crippen molar-refractivity contribution < 1.29 is 42.9 Å². The van der Waals surface area contributed by atoms with Gasteiger partial charge in [-0.05, 0) is 73.1 Å². The van der Waals surface area contributed by atoms with E-state index >= 15 is 0 Å². The van der Waals surface area contributed by atoms with Crippen LogP contribution < -0.4 is 11.5 Å². The van der Waals surface area contributed by atoms with E-state index in [0.29, 0.717) is 0 Å². The maximum atomic E-state index is 14.8. The Labute approximate surface area is 305 Å². The van der Waals surface area contributed by atoms with Gasteiger partial charge in [0.25, 0.3) is 0 Å². The largest absolute Gasteiger partial charge is 0.461 e. The number of H-pyrrole nitrogens is 2. The Bertz CT molecular complexity index is 2040. The minimum absolute atomic E-state index is 0.0353. The van der Waals surface area contributed by atoms with Crippen LogP contribution in [0.1, 0.15) is 70.0 Å². The molecule has 6 atom stereocenters. The zero-order chi connectivity index (χ0) is 41.0. The summed E-state index contributed by atoms with van der Waals surface area (Å²) in [6.45, 7) is 5.53. The van der Waals surface area contributed by atoms with Crippen LogP contribution in [0, 0.1) is 11.6 Å². The van der Waals surface area contributed by atoms with Gasteiger partial charge in [0.1, 0.15) is 23.8 Å². The fourth-order valence-corrected chi connectivity index (χ4v) is 7.12. The normalized spacial score (nSPS) is 23.2. The molecule has 4 aromatic rings. The Balaban J connectivity index is 1.60. The molecule has 0 aliphatic carbocycles. The van der Waals surface area contributed by atoms with Gasteiger partial charge in [0.2, 0.25) is 11.8 Å². The first-order valence-electron chi connectivity index (χ1n) is 19.4. The molecule has 6 rings (SSSR count). The number of amides is 2. The minimum atomic E-state index is -2.51. The predicted octanol–water partition coefficient (Wildman–Crippen LogP) is 4.22. The molecular formula is C38H46F2N6O6. The highest BCUT2D eigenvalue weighted by molar-refractivity contribution is 5.96. The molecule has 4 heterocycles. The molecule has 52 heavy (non-hydrogen) atoms. The van der Waals surface area contributed by atoms with Crippen LogP contribution in [-0.2, 0) is 41.4 Å². The topological polar surface area (TPSA) is 177 Å². The molecule has 2 aromatic heterocycles. The number of aromatic nitrogens is 2. The summed E-state index contributed by atoms with van der Waals surface area (Å²) >= 11 is 0. The van der Waals surface area contributed by atoms with E-state index < -0.39 is 84.5 Å². The molecule has 0 bridgehead atoms. The third kappa shape index (κ3) is 7.40. The first-order valence-corrected chi connectivity index (χ1v) is 17.4. The van der Waals surface area contributed by atoms with Gasteiger partial charge in [-0.3, -0.25) is 19.2 Å². The molecule has 2 amide bonds. The van der Waals surface area contributed by atoms with Crippen molar-refractivity contribution in [2.24, 2.45) is 11.5 Å². The second-order valence-corrected chi connectivity index (χ2v) is 13.4. The number of hydrogen-bond donors (Lipinski definition) is 4. The number of hydrogen-bond acceptors (Lipinski definition) is 8. The quantitative estimate of drug-likeness (QED) is 0.166. The summed E-state index contributed by atoms with van der Waals surface area (Å²) in [6, 6.07) is 2.78. The van der Waals surface area contributed by atoms with Gasteiger partial charge in [0.15, 0.2) is 0 Å². The van der Waals surface area contributed by atoms with Gasteiger partial charge in [-0.15, -0.1) is 0 Å². The van der Waals surface area contributed by atoms with E-state index in [2.05, 4.69) is 9.97 Å². The summed E-state index contributed by atoms with van der Waals surface area (Å²) < 4.78 is 79.8. The van der Waals surface area contributed by atoms with Crippen LogP contribution in [0.25, 0.3) is 33.2 Å². The second kappa shape index (κ2) is 15.0. The Morgan fingerprint density at radius 2 is 1.15 bits per heavy atom. The van der Waals surface area contributed by atoms with Crippen molar-refractivity contribution in [3.63, 3.8) is 0 Å². The molecule has 12 nitrogen and oxygen atoms in total. The summed E-state index contributed by atoms with van der Waals surface area (Å²) in [4.78, 5) is 60.2. The summed E-state index contributed by atoms with van der Waals surface area (Å²) in [5.41, 5.74) is 12.4. The van der Waals surface area contributed by atoms with Gasteiger partial charge >= 0.3 is 11.9 Å². The van der Waals surface area contributed by atoms with Crippen molar-refractivity contribution >= 4 is 45.6 Å². The number of rotatable bonds is 11. The lowest BCUT2D eigenvalue weighted by Crippen LogP contribution is -2.46. The summed E-state index contributed by atoms with van der Waals surface area (Å²) in [7, 11) is 0. The molecule has 2 aliphatic heterocycles. The summed E-state index contributed by atoms with van der Waals surface area (Å²) in [6.07, 6.45) is -6.54. The Hall–Kier alpha value is -4.82. The van der Waals surface area contributed by atoms with Gasteiger partial charge < -0.3 is 40.7 Å². The Kier molecular flexibility index (Phi) is 9.22. The van der Waals surface area contributed by atoms with E-state index in [1.807, 2.05) is 0 Å². The lowest BCUT2D eigenvalue weighted by Gasteiger charge is -2.27. The maximum absolute atomic E-state index is 14.8.